The van der Waals surface area contributed by atoms with Crippen molar-refractivity contribution >= 4 is 22.7 Å². The topological polar surface area (TPSA) is 117 Å². The molecule has 5 N–H and O–H groups in total. The van der Waals surface area contributed by atoms with Crippen LogP contribution >= 0.6 is 0 Å². The Morgan fingerprint density at radius 3 is 2.64 bits per heavy atom. The minimum atomic E-state index is 0.540. The van der Waals surface area contributed by atoms with Gasteiger partial charge in [-0.3, -0.25) is 4.68 Å². The Labute approximate surface area is 232 Å². The molecule has 10 heteroatoms. The van der Waals surface area contributed by atoms with Gasteiger partial charge in [-0.2, -0.15) is 4.98 Å². The van der Waals surface area contributed by atoms with Crippen LogP contribution in [0.5, 0.6) is 0 Å². The first kappa shape index (κ1) is 27.7. The van der Waals surface area contributed by atoms with Crippen molar-refractivity contribution in [3.8, 4) is 0 Å². The van der Waals surface area contributed by atoms with Gasteiger partial charge in [0.1, 0.15) is 11.5 Å². The maximum Gasteiger partial charge on any atom is 0.225 e. The Morgan fingerprint density at radius 1 is 0.897 bits per heavy atom. The van der Waals surface area contributed by atoms with Gasteiger partial charge in [-0.15, -0.1) is 5.10 Å². The van der Waals surface area contributed by atoms with Crippen LogP contribution < -0.4 is 26.6 Å². The fourth-order valence-corrected chi connectivity index (χ4v) is 5.63. The fraction of sp³-hybridized carbons (Fsp3) is 0.655. The van der Waals surface area contributed by atoms with Gasteiger partial charge < -0.3 is 26.6 Å². The van der Waals surface area contributed by atoms with E-state index in [4.69, 9.17) is 9.97 Å². The largest absolute Gasteiger partial charge is 0.369 e. The molecule has 10 nitrogen and oxygen atoms in total. The van der Waals surface area contributed by atoms with Gasteiger partial charge in [0.15, 0.2) is 0 Å². The van der Waals surface area contributed by atoms with Crippen LogP contribution in [0.25, 0.3) is 10.9 Å². The number of benzene rings is 1. The molecule has 1 saturated carbocycles. The standard InChI is InChI=1S/C29H46N10/c1-2-8-24(9-3-1)32-16-6-14-30-15-7-19-39-22-25(37-38-39)21-34-29-35-27-11-5-4-10-26(27)28(36-29)33-20-23-12-17-31-18-13-23/h4-5,10-11,22-24,30-32H,1-3,6-9,12-21H2,(H2,33,34,35,36). The molecular formula is C29H46N10. The Bertz CT molecular complexity index is 1120. The lowest BCUT2D eigenvalue weighted by molar-refractivity contribution is 0.371. The van der Waals surface area contributed by atoms with Gasteiger partial charge in [0, 0.05) is 24.5 Å². The van der Waals surface area contributed by atoms with E-state index in [1.807, 2.05) is 29.1 Å². The van der Waals surface area contributed by atoms with Crippen molar-refractivity contribution in [1.82, 2.24) is 40.9 Å². The number of nitrogens with one attached hydrogen (secondary N) is 5. The number of aryl methyl sites for hydroxylation is 1. The summed E-state index contributed by atoms with van der Waals surface area (Å²) in [5.41, 5.74) is 1.82. The summed E-state index contributed by atoms with van der Waals surface area (Å²) in [4.78, 5) is 9.54. The Hall–Kier alpha value is -2.82. The highest BCUT2D eigenvalue weighted by Gasteiger charge is 2.15. The van der Waals surface area contributed by atoms with Crippen LogP contribution in [0.1, 0.15) is 63.5 Å². The maximum absolute atomic E-state index is 4.81. The number of aromatic nitrogens is 5. The Morgan fingerprint density at radius 2 is 1.74 bits per heavy atom. The molecule has 3 aromatic rings. The summed E-state index contributed by atoms with van der Waals surface area (Å²) in [7, 11) is 0. The van der Waals surface area contributed by atoms with E-state index in [1.165, 1.54) is 51.4 Å². The highest BCUT2D eigenvalue weighted by atomic mass is 15.4. The summed E-state index contributed by atoms with van der Waals surface area (Å²) >= 11 is 0. The number of anilines is 2. The van der Waals surface area contributed by atoms with Gasteiger partial charge >= 0.3 is 0 Å². The summed E-state index contributed by atoms with van der Waals surface area (Å²) in [6, 6.07) is 8.93. The molecule has 2 aliphatic rings. The first-order valence-corrected chi connectivity index (χ1v) is 15.1. The predicted molar refractivity (Wildman–Crippen MR) is 158 cm³/mol. The molecule has 1 aromatic carbocycles. The molecular weight excluding hydrogens is 488 g/mol. The molecule has 1 aliphatic carbocycles. The van der Waals surface area contributed by atoms with Gasteiger partial charge in [-0.05, 0) is 89.3 Å². The number of hydrogen-bond acceptors (Lipinski definition) is 9. The van der Waals surface area contributed by atoms with E-state index in [0.717, 1.165) is 80.7 Å². The average molecular weight is 535 g/mol. The minimum Gasteiger partial charge on any atom is -0.369 e. The molecule has 3 heterocycles. The monoisotopic (exact) mass is 534 g/mol. The van der Waals surface area contributed by atoms with E-state index in [2.05, 4.69) is 43.0 Å². The number of nitrogens with zero attached hydrogens (tertiary/aromatic N) is 5. The van der Waals surface area contributed by atoms with Crippen molar-refractivity contribution in [2.24, 2.45) is 5.92 Å². The van der Waals surface area contributed by atoms with E-state index >= 15 is 0 Å². The third kappa shape index (κ3) is 8.84. The van der Waals surface area contributed by atoms with Crippen molar-refractivity contribution in [3.63, 3.8) is 0 Å². The second kappa shape index (κ2) is 15.1. The molecule has 0 unspecified atom stereocenters. The van der Waals surface area contributed by atoms with Gasteiger partial charge in [-0.25, -0.2) is 4.98 Å². The van der Waals surface area contributed by atoms with Gasteiger partial charge in [-0.1, -0.05) is 36.6 Å². The maximum atomic E-state index is 4.81. The van der Waals surface area contributed by atoms with Crippen molar-refractivity contribution in [1.29, 1.82) is 0 Å². The van der Waals surface area contributed by atoms with Crippen LogP contribution in [-0.4, -0.2) is 70.3 Å². The first-order chi connectivity index (χ1) is 19.3. The van der Waals surface area contributed by atoms with E-state index in [-0.39, 0.29) is 0 Å². The summed E-state index contributed by atoms with van der Waals surface area (Å²) in [6.45, 7) is 7.70. The second-order valence-electron chi connectivity index (χ2n) is 11.1. The third-order valence-electron chi connectivity index (χ3n) is 7.94. The van der Waals surface area contributed by atoms with Crippen LogP contribution in [0.4, 0.5) is 11.8 Å². The molecule has 0 bridgehead atoms. The molecule has 1 aliphatic heterocycles. The number of piperidine rings is 1. The SMILES string of the molecule is c1ccc2c(NCC3CCNCC3)nc(NCc3cn(CCCNCCCNC4CCCCC4)nn3)nc2c1. The van der Waals surface area contributed by atoms with E-state index < -0.39 is 0 Å². The first-order valence-electron chi connectivity index (χ1n) is 15.1. The normalized spacial score (nSPS) is 17.0. The van der Waals surface area contributed by atoms with E-state index in [0.29, 0.717) is 18.4 Å². The second-order valence-corrected chi connectivity index (χ2v) is 11.1. The lowest BCUT2D eigenvalue weighted by Crippen LogP contribution is -2.33. The van der Waals surface area contributed by atoms with Crippen LogP contribution in [-0.2, 0) is 13.1 Å². The zero-order chi connectivity index (χ0) is 26.5. The lowest BCUT2D eigenvalue weighted by Gasteiger charge is -2.23. The molecule has 0 radical (unpaired) electrons. The summed E-state index contributed by atoms with van der Waals surface area (Å²) in [5.74, 6) is 2.17. The quantitative estimate of drug-likeness (QED) is 0.187. The third-order valence-corrected chi connectivity index (χ3v) is 7.94. The summed E-state index contributed by atoms with van der Waals surface area (Å²) < 4.78 is 1.93. The molecule has 0 spiro atoms. The van der Waals surface area contributed by atoms with Crippen LogP contribution in [0.3, 0.4) is 0 Å². The van der Waals surface area contributed by atoms with Gasteiger partial charge in [0.2, 0.25) is 5.95 Å². The van der Waals surface area contributed by atoms with E-state index in [1.54, 1.807) is 0 Å². The summed E-state index contributed by atoms with van der Waals surface area (Å²) in [5, 5.41) is 27.4. The fourth-order valence-electron chi connectivity index (χ4n) is 5.63. The molecule has 2 fully saturated rings. The molecule has 39 heavy (non-hydrogen) atoms. The molecule has 2 aromatic heterocycles. The van der Waals surface area contributed by atoms with Crippen molar-refractivity contribution in [3.05, 3.63) is 36.2 Å². The smallest absolute Gasteiger partial charge is 0.225 e. The van der Waals surface area contributed by atoms with Crippen molar-refractivity contribution in [2.45, 2.75) is 76.9 Å². The average Bonchev–Trinajstić information content (AvgIpc) is 3.45. The van der Waals surface area contributed by atoms with Gasteiger partial charge in [0.05, 0.1) is 18.3 Å². The van der Waals surface area contributed by atoms with E-state index in [9.17, 15) is 0 Å². The number of rotatable bonds is 15. The number of fused-ring (bicyclic) bond motifs is 1. The summed E-state index contributed by atoms with van der Waals surface area (Å²) in [6.07, 6.45) is 13.5. The molecule has 5 rings (SSSR count). The number of para-hydroxylation sites is 1. The number of hydrogen-bond donors (Lipinski definition) is 5. The highest BCUT2D eigenvalue weighted by Crippen LogP contribution is 2.23. The van der Waals surface area contributed by atoms with Crippen molar-refractivity contribution in [2.75, 3.05) is 49.9 Å². The predicted octanol–water partition coefficient (Wildman–Crippen LogP) is 3.54. The van der Waals surface area contributed by atoms with Crippen LogP contribution in [0.15, 0.2) is 30.5 Å². The van der Waals surface area contributed by atoms with Crippen LogP contribution in [0, 0.1) is 5.92 Å². The van der Waals surface area contributed by atoms with Crippen molar-refractivity contribution < 1.29 is 0 Å². The van der Waals surface area contributed by atoms with Gasteiger partial charge in [0.25, 0.3) is 0 Å². The Balaban J connectivity index is 1.02. The lowest BCUT2D eigenvalue weighted by atomic mass is 9.95. The Kier molecular flexibility index (Phi) is 10.7. The zero-order valence-corrected chi connectivity index (χ0v) is 23.3. The highest BCUT2D eigenvalue weighted by molar-refractivity contribution is 5.90. The molecule has 1 saturated heterocycles. The van der Waals surface area contributed by atoms with Crippen LogP contribution in [0.2, 0.25) is 0 Å². The molecule has 0 amide bonds. The zero-order valence-electron chi connectivity index (χ0n) is 23.3. The molecule has 212 valence electrons. The molecule has 0 atom stereocenters. The minimum absolute atomic E-state index is 0.540.